The number of carbonyl (C=O) groups excluding carboxylic acids is 1. The lowest BCUT2D eigenvalue weighted by molar-refractivity contribution is 0.0944. The van der Waals surface area contributed by atoms with Gasteiger partial charge in [0.2, 0.25) is 0 Å². The average Bonchev–Trinajstić information content (AvgIpc) is 3.12. The van der Waals surface area contributed by atoms with Crippen LogP contribution in [0.25, 0.3) is 11.1 Å². The van der Waals surface area contributed by atoms with Crippen molar-refractivity contribution in [2.45, 2.75) is 13.0 Å². The molecule has 0 saturated heterocycles. The van der Waals surface area contributed by atoms with E-state index in [0.717, 1.165) is 16.7 Å². The number of nitrogens with zero attached hydrogens (tertiary/aromatic N) is 1. The fourth-order valence-electron chi connectivity index (χ4n) is 2.52. The number of nitrogens with one attached hydrogen (secondary N) is 1. The van der Waals surface area contributed by atoms with Gasteiger partial charge in [-0.3, -0.25) is 4.79 Å². The van der Waals surface area contributed by atoms with E-state index in [9.17, 15) is 4.79 Å². The van der Waals surface area contributed by atoms with Crippen LogP contribution in [-0.4, -0.2) is 5.91 Å². The molecule has 0 aliphatic rings. The fourth-order valence-corrected chi connectivity index (χ4v) is 3.34. The van der Waals surface area contributed by atoms with E-state index in [4.69, 9.17) is 5.26 Å². The second kappa shape index (κ2) is 7.12. The van der Waals surface area contributed by atoms with Crippen molar-refractivity contribution in [2.75, 3.05) is 0 Å². The minimum atomic E-state index is -0.129. The molecule has 0 aliphatic heterocycles. The Hall–Kier alpha value is -2.90. The largest absolute Gasteiger partial charge is 0.345 e. The monoisotopic (exact) mass is 332 g/mol. The Morgan fingerprint density at radius 3 is 2.46 bits per heavy atom. The molecule has 1 aromatic heterocycles. The molecule has 1 amide bonds. The summed E-state index contributed by atoms with van der Waals surface area (Å²) >= 11 is 1.44. The van der Waals surface area contributed by atoms with Gasteiger partial charge in [0.25, 0.3) is 5.91 Å². The smallest absolute Gasteiger partial charge is 0.262 e. The van der Waals surface area contributed by atoms with Crippen LogP contribution in [0, 0.1) is 11.3 Å². The van der Waals surface area contributed by atoms with Gasteiger partial charge >= 0.3 is 0 Å². The molecule has 2 aromatic carbocycles. The zero-order valence-electron chi connectivity index (χ0n) is 13.2. The number of hydrogen-bond donors (Lipinski definition) is 1. The van der Waals surface area contributed by atoms with Gasteiger partial charge in [-0.05, 0) is 41.6 Å². The van der Waals surface area contributed by atoms with E-state index in [1.54, 1.807) is 12.1 Å². The zero-order valence-corrected chi connectivity index (χ0v) is 14.0. The molecule has 0 fully saturated rings. The predicted molar refractivity (Wildman–Crippen MR) is 96.8 cm³/mol. The van der Waals surface area contributed by atoms with E-state index in [2.05, 4.69) is 11.4 Å². The molecule has 3 rings (SSSR count). The molecule has 3 aromatic rings. The number of thiophene rings is 1. The molecule has 0 aliphatic carbocycles. The van der Waals surface area contributed by atoms with Gasteiger partial charge in [0.05, 0.1) is 22.6 Å². The highest BCUT2D eigenvalue weighted by Crippen LogP contribution is 2.28. The summed E-state index contributed by atoms with van der Waals surface area (Å²) < 4.78 is 0. The molecular weight excluding hydrogens is 316 g/mol. The summed E-state index contributed by atoms with van der Waals surface area (Å²) in [7, 11) is 0. The number of nitriles is 1. The number of hydrogen-bond acceptors (Lipinski definition) is 3. The highest BCUT2D eigenvalue weighted by Gasteiger charge is 2.17. The standard InChI is InChI=1S/C20H16N2OS/c1-14(16-9-7-15(13-21)8-10-16)22-20(23)19-18(11-12-24-19)17-5-3-2-4-6-17/h2-12,14H,1H3,(H,22,23). The van der Waals surface area contributed by atoms with Crippen molar-refractivity contribution < 1.29 is 4.79 Å². The molecule has 1 atom stereocenters. The third-order valence-electron chi connectivity index (χ3n) is 3.84. The zero-order chi connectivity index (χ0) is 16.9. The van der Waals surface area contributed by atoms with Crippen LogP contribution in [0.3, 0.4) is 0 Å². The predicted octanol–water partition coefficient (Wildman–Crippen LogP) is 4.78. The van der Waals surface area contributed by atoms with Crippen LogP contribution < -0.4 is 5.32 Å². The van der Waals surface area contributed by atoms with Gasteiger partial charge in [0, 0.05) is 5.56 Å². The number of amides is 1. The summed E-state index contributed by atoms with van der Waals surface area (Å²) in [5.41, 5.74) is 3.57. The molecule has 1 heterocycles. The molecule has 24 heavy (non-hydrogen) atoms. The molecule has 1 unspecified atom stereocenters. The van der Waals surface area contributed by atoms with Crippen LogP contribution in [0.5, 0.6) is 0 Å². The molecule has 1 N–H and O–H groups in total. The first-order valence-electron chi connectivity index (χ1n) is 7.63. The number of benzene rings is 2. The van der Waals surface area contributed by atoms with E-state index in [-0.39, 0.29) is 11.9 Å². The van der Waals surface area contributed by atoms with E-state index >= 15 is 0 Å². The van der Waals surface area contributed by atoms with Crippen molar-refractivity contribution in [1.29, 1.82) is 5.26 Å². The molecule has 4 heteroatoms. The van der Waals surface area contributed by atoms with Gasteiger partial charge in [-0.2, -0.15) is 5.26 Å². The maximum atomic E-state index is 12.7. The van der Waals surface area contributed by atoms with Gasteiger partial charge in [-0.25, -0.2) is 0 Å². The SMILES string of the molecule is CC(NC(=O)c1sccc1-c1ccccc1)c1ccc(C#N)cc1. The van der Waals surface area contributed by atoms with Crippen LogP contribution in [0.15, 0.2) is 66.0 Å². The van der Waals surface area contributed by atoms with E-state index in [1.807, 2.05) is 60.8 Å². The Kier molecular flexibility index (Phi) is 4.74. The van der Waals surface area contributed by atoms with Crippen LogP contribution in [0.4, 0.5) is 0 Å². The summed E-state index contributed by atoms with van der Waals surface area (Å²) in [6.07, 6.45) is 0. The third-order valence-corrected chi connectivity index (χ3v) is 4.76. The first-order valence-corrected chi connectivity index (χ1v) is 8.51. The lowest BCUT2D eigenvalue weighted by Gasteiger charge is -2.14. The Bertz CT molecular complexity index is 876. The third kappa shape index (κ3) is 3.37. The van der Waals surface area contributed by atoms with Gasteiger partial charge in [0.1, 0.15) is 0 Å². The average molecular weight is 332 g/mol. The number of rotatable bonds is 4. The molecule has 0 bridgehead atoms. The van der Waals surface area contributed by atoms with Crippen molar-refractivity contribution in [3.63, 3.8) is 0 Å². The Balaban J connectivity index is 1.78. The quantitative estimate of drug-likeness (QED) is 0.747. The van der Waals surface area contributed by atoms with Crippen molar-refractivity contribution >= 4 is 17.2 Å². The highest BCUT2D eigenvalue weighted by molar-refractivity contribution is 7.12. The molecule has 118 valence electrons. The highest BCUT2D eigenvalue weighted by atomic mass is 32.1. The van der Waals surface area contributed by atoms with Crippen LogP contribution in [0.1, 0.15) is 33.8 Å². The maximum Gasteiger partial charge on any atom is 0.262 e. The fraction of sp³-hybridized carbons (Fsp3) is 0.100. The second-order valence-electron chi connectivity index (χ2n) is 5.46. The summed E-state index contributed by atoms with van der Waals surface area (Å²) in [6.45, 7) is 1.94. The van der Waals surface area contributed by atoms with Crippen molar-refractivity contribution in [1.82, 2.24) is 5.32 Å². The summed E-state index contributed by atoms with van der Waals surface area (Å²) in [5, 5.41) is 13.8. The topological polar surface area (TPSA) is 52.9 Å². The lowest BCUT2D eigenvalue weighted by Crippen LogP contribution is -2.26. The van der Waals surface area contributed by atoms with E-state index in [1.165, 1.54) is 11.3 Å². The number of carbonyl (C=O) groups is 1. The van der Waals surface area contributed by atoms with Crippen LogP contribution >= 0.6 is 11.3 Å². The van der Waals surface area contributed by atoms with Crippen molar-refractivity contribution in [3.05, 3.63) is 82.0 Å². The first kappa shape index (κ1) is 16.0. The summed E-state index contributed by atoms with van der Waals surface area (Å²) in [5.74, 6) is -0.0827. The van der Waals surface area contributed by atoms with E-state index < -0.39 is 0 Å². The van der Waals surface area contributed by atoms with Gasteiger partial charge in [0.15, 0.2) is 0 Å². The Labute approximate surface area is 145 Å². The minimum absolute atomic E-state index is 0.0827. The normalized spacial score (nSPS) is 11.5. The molecular formula is C20H16N2OS. The molecule has 0 spiro atoms. The van der Waals surface area contributed by atoms with Gasteiger partial charge in [-0.1, -0.05) is 42.5 Å². The summed E-state index contributed by atoms with van der Waals surface area (Å²) in [6, 6.07) is 21.1. The molecule has 3 nitrogen and oxygen atoms in total. The lowest BCUT2D eigenvalue weighted by atomic mass is 10.0. The van der Waals surface area contributed by atoms with Crippen molar-refractivity contribution in [2.24, 2.45) is 0 Å². The van der Waals surface area contributed by atoms with Crippen LogP contribution in [0.2, 0.25) is 0 Å². The van der Waals surface area contributed by atoms with Crippen LogP contribution in [-0.2, 0) is 0 Å². The van der Waals surface area contributed by atoms with Crippen molar-refractivity contribution in [3.8, 4) is 17.2 Å². The Morgan fingerprint density at radius 1 is 1.08 bits per heavy atom. The Morgan fingerprint density at radius 2 is 1.79 bits per heavy atom. The maximum absolute atomic E-state index is 12.7. The van der Waals surface area contributed by atoms with E-state index in [0.29, 0.717) is 10.4 Å². The molecule has 0 radical (unpaired) electrons. The van der Waals surface area contributed by atoms with Gasteiger partial charge < -0.3 is 5.32 Å². The minimum Gasteiger partial charge on any atom is -0.345 e. The van der Waals surface area contributed by atoms with Gasteiger partial charge in [-0.15, -0.1) is 11.3 Å². The summed E-state index contributed by atoms with van der Waals surface area (Å²) in [4.78, 5) is 13.4. The molecule has 0 saturated carbocycles. The first-order chi connectivity index (χ1) is 11.7. The second-order valence-corrected chi connectivity index (χ2v) is 6.37.